The molecule has 1 saturated heterocycles. The molecule has 12 nitrogen and oxygen atoms in total. The average Bonchev–Trinajstić information content (AvgIpc) is 4.05. The quantitative estimate of drug-likeness (QED) is 0.315. The van der Waals surface area contributed by atoms with E-state index in [0.717, 1.165) is 48.0 Å². The second-order valence-electron chi connectivity index (χ2n) is 18.6. The van der Waals surface area contributed by atoms with Crippen molar-refractivity contribution in [2.24, 2.45) is 34.5 Å². The van der Waals surface area contributed by atoms with E-state index in [1.54, 1.807) is 11.1 Å². The van der Waals surface area contributed by atoms with Crippen LogP contribution in [0.4, 0.5) is 5.69 Å². The van der Waals surface area contributed by atoms with Crippen molar-refractivity contribution in [3.63, 3.8) is 0 Å². The zero-order valence-electron chi connectivity index (χ0n) is 33.7. The number of aromatic nitrogens is 1. The van der Waals surface area contributed by atoms with Crippen LogP contribution < -0.4 is 19.1 Å². The van der Waals surface area contributed by atoms with Gasteiger partial charge in [0.15, 0.2) is 11.5 Å². The van der Waals surface area contributed by atoms with Crippen LogP contribution in [0.3, 0.4) is 0 Å². The van der Waals surface area contributed by atoms with Crippen molar-refractivity contribution < 1.29 is 37.1 Å². The SMILES string of the molecule is C[C@H]1CC/C=C\[C@@H]2C[C@@]2(C(=O)NS(=O)(=O)C2CC2)CC(=O)[C@@H]2C[C@@H](Oc3nccc4c5c(ccc34)N(C)CCO5)CN2C(=O)[C@@H](CC(=O)CC(C)(C)C)[C@H](C)C1. The lowest BCUT2D eigenvalue weighted by molar-refractivity contribution is -0.145. The van der Waals surface area contributed by atoms with Crippen LogP contribution in [-0.2, 0) is 29.2 Å². The van der Waals surface area contributed by atoms with E-state index < -0.39 is 44.7 Å². The number of hydrogen-bond donors (Lipinski definition) is 1. The number of sulfonamides is 1. The maximum Gasteiger partial charge on any atom is 0.240 e. The molecule has 4 heterocycles. The molecule has 2 amide bonds. The fourth-order valence-electron chi connectivity index (χ4n) is 9.19. The Morgan fingerprint density at radius 3 is 2.57 bits per heavy atom. The van der Waals surface area contributed by atoms with Gasteiger partial charge in [0.05, 0.1) is 35.5 Å². The molecular formula is C43H58N4O8S. The monoisotopic (exact) mass is 790 g/mol. The van der Waals surface area contributed by atoms with Crippen LogP contribution in [0.2, 0.25) is 0 Å². The fourth-order valence-corrected chi connectivity index (χ4v) is 10.6. The van der Waals surface area contributed by atoms with Gasteiger partial charge in [0.1, 0.15) is 18.5 Å². The molecule has 7 rings (SSSR count). The number of benzene rings is 1. The van der Waals surface area contributed by atoms with E-state index in [2.05, 4.69) is 21.5 Å². The van der Waals surface area contributed by atoms with Crippen molar-refractivity contribution in [1.82, 2.24) is 14.6 Å². The number of amides is 2. The molecule has 0 radical (unpaired) electrons. The number of ketones is 2. The molecule has 3 aliphatic heterocycles. The van der Waals surface area contributed by atoms with Gasteiger partial charge in [-0.25, -0.2) is 13.4 Å². The number of carbonyl (C=O) groups is 4. The van der Waals surface area contributed by atoms with E-state index in [1.807, 2.05) is 65.1 Å². The highest BCUT2D eigenvalue weighted by atomic mass is 32.2. The number of allylic oxidation sites excluding steroid dienone is 2. The Bertz CT molecular complexity index is 2020. The molecule has 1 N–H and O–H groups in total. The van der Waals surface area contributed by atoms with E-state index in [9.17, 15) is 27.6 Å². The number of hydrogen-bond acceptors (Lipinski definition) is 10. The van der Waals surface area contributed by atoms with Crippen LogP contribution in [0.25, 0.3) is 10.8 Å². The summed E-state index contributed by atoms with van der Waals surface area (Å²) in [7, 11) is -1.82. The Morgan fingerprint density at radius 2 is 1.84 bits per heavy atom. The topological polar surface area (TPSA) is 152 Å². The van der Waals surface area contributed by atoms with Gasteiger partial charge in [-0.15, -0.1) is 0 Å². The van der Waals surface area contributed by atoms with Crippen LogP contribution in [0.5, 0.6) is 11.6 Å². The van der Waals surface area contributed by atoms with E-state index in [0.29, 0.717) is 38.2 Å². The molecule has 0 unspecified atom stereocenters. The lowest BCUT2D eigenvalue weighted by Gasteiger charge is -2.32. The smallest absolute Gasteiger partial charge is 0.240 e. The van der Waals surface area contributed by atoms with Gasteiger partial charge in [-0.1, -0.05) is 46.8 Å². The Balaban J connectivity index is 1.22. The molecule has 1 aromatic heterocycles. The number of likely N-dealkylation sites (N-methyl/N-ethyl adjacent to an activating group) is 1. The highest BCUT2D eigenvalue weighted by molar-refractivity contribution is 7.90. The van der Waals surface area contributed by atoms with Gasteiger partial charge in [-0.05, 0) is 79.9 Å². The first-order chi connectivity index (χ1) is 26.5. The van der Waals surface area contributed by atoms with E-state index in [1.165, 1.54) is 0 Å². The van der Waals surface area contributed by atoms with Crippen LogP contribution in [0, 0.1) is 34.5 Å². The van der Waals surface area contributed by atoms with Crippen molar-refractivity contribution in [2.75, 3.05) is 31.6 Å². The molecule has 2 aromatic rings. The van der Waals surface area contributed by atoms with Gasteiger partial charge in [0.25, 0.3) is 0 Å². The summed E-state index contributed by atoms with van der Waals surface area (Å²) >= 11 is 0. The molecule has 7 atom stereocenters. The summed E-state index contributed by atoms with van der Waals surface area (Å²) in [6.45, 7) is 11.6. The maximum absolute atomic E-state index is 15.0. The number of Topliss-reactive ketones (excluding diaryl/α,β-unsaturated/α-hetero) is 2. The van der Waals surface area contributed by atoms with Gasteiger partial charge >= 0.3 is 0 Å². The maximum atomic E-state index is 15.0. The average molecular weight is 791 g/mol. The van der Waals surface area contributed by atoms with Crippen molar-refractivity contribution in [3.8, 4) is 11.6 Å². The number of nitrogens with zero attached hydrogens (tertiary/aromatic N) is 3. The standard InChI is InChI=1S/C43H58N4O8S/c1-26-9-7-8-10-28-22-43(28,41(51)45-56(52,53)31-11-12-31)24-37(49)36-21-30(25-47(36)40(50)34(27(2)19-26)20-29(48)23-42(3,4)5)55-39-33-13-14-35-38(32(33)15-16-44-39)54-18-17-46(35)6/h8,10,13-16,26-28,30-31,34,36H,7,9,11-12,17-25H2,1-6H3,(H,45,51)/b10-8-/t26-,27+,28+,30+,34-,36-,43+/m0/s1. The van der Waals surface area contributed by atoms with E-state index >= 15 is 0 Å². The largest absolute Gasteiger partial charge is 0.489 e. The van der Waals surface area contributed by atoms with Crippen molar-refractivity contribution >= 4 is 49.9 Å². The van der Waals surface area contributed by atoms with Crippen molar-refractivity contribution in [3.05, 3.63) is 36.5 Å². The first-order valence-electron chi connectivity index (χ1n) is 20.5. The van der Waals surface area contributed by atoms with Crippen LogP contribution in [0.1, 0.15) is 98.8 Å². The summed E-state index contributed by atoms with van der Waals surface area (Å²) in [5, 5.41) is 1.01. The van der Waals surface area contributed by atoms with Crippen molar-refractivity contribution in [1.29, 1.82) is 0 Å². The third kappa shape index (κ3) is 8.48. The zero-order chi connectivity index (χ0) is 40.2. The Morgan fingerprint density at radius 1 is 1.07 bits per heavy atom. The Hall–Kier alpha value is -4.00. The Labute approximate surface area is 331 Å². The van der Waals surface area contributed by atoms with Gasteiger partial charge in [-0.3, -0.25) is 23.9 Å². The molecule has 13 heteroatoms. The molecule has 56 heavy (non-hydrogen) atoms. The zero-order valence-corrected chi connectivity index (χ0v) is 34.5. The van der Waals surface area contributed by atoms with Gasteiger partial charge in [0.2, 0.25) is 27.7 Å². The molecule has 5 aliphatic rings. The minimum Gasteiger partial charge on any atom is -0.489 e. The molecule has 2 saturated carbocycles. The molecule has 304 valence electrons. The first kappa shape index (κ1) is 40.2. The van der Waals surface area contributed by atoms with Gasteiger partial charge in [0, 0.05) is 55.6 Å². The number of anilines is 1. The lowest BCUT2D eigenvalue weighted by Crippen LogP contribution is -2.47. The van der Waals surface area contributed by atoms with Crippen LogP contribution in [0.15, 0.2) is 36.5 Å². The van der Waals surface area contributed by atoms with Gasteiger partial charge < -0.3 is 19.3 Å². The molecular weight excluding hydrogens is 733 g/mol. The molecule has 0 spiro atoms. The third-order valence-corrected chi connectivity index (χ3v) is 14.4. The highest BCUT2D eigenvalue weighted by Gasteiger charge is 2.61. The normalized spacial score (nSPS) is 30.6. The number of pyridine rings is 1. The number of nitrogens with one attached hydrogen (secondary N) is 1. The Kier molecular flexibility index (Phi) is 11.1. The minimum absolute atomic E-state index is 0.00976. The van der Waals surface area contributed by atoms with E-state index in [-0.39, 0.29) is 66.4 Å². The second-order valence-corrected chi connectivity index (χ2v) is 20.5. The number of fused-ring (bicyclic) bond motifs is 5. The number of rotatable bonds is 8. The number of carbonyl (C=O) groups excluding carboxylic acids is 4. The van der Waals surface area contributed by atoms with Crippen molar-refractivity contribution in [2.45, 2.75) is 116 Å². The fraction of sp³-hybridized carbons (Fsp3) is 0.651. The first-order valence-corrected chi connectivity index (χ1v) is 22.0. The molecule has 1 aromatic carbocycles. The molecule has 0 bridgehead atoms. The highest BCUT2D eigenvalue weighted by Crippen LogP contribution is 2.57. The number of ether oxygens (including phenoxy) is 2. The summed E-state index contributed by atoms with van der Waals surface area (Å²) in [4.78, 5) is 65.4. The predicted octanol–water partition coefficient (Wildman–Crippen LogP) is 6.01. The third-order valence-electron chi connectivity index (χ3n) is 12.5. The second kappa shape index (κ2) is 15.4. The minimum atomic E-state index is -3.84. The van der Waals surface area contributed by atoms with Crippen LogP contribution >= 0.6 is 0 Å². The molecule has 2 aliphatic carbocycles. The van der Waals surface area contributed by atoms with Crippen LogP contribution in [-0.4, -0.2) is 85.8 Å². The summed E-state index contributed by atoms with van der Waals surface area (Å²) in [6, 6.07) is 4.89. The summed E-state index contributed by atoms with van der Waals surface area (Å²) in [5.41, 5.74) is -0.509. The summed E-state index contributed by atoms with van der Waals surface area (Å²) in [6.07, 6.45) is 9.12. The summed E-state index contributed by atoms with van der Waals surface area (Å²) in [5.74, 6) is -0.924. The summed E-state index contributed by atoms with van der Waals surface area (Å²) < 4.78 is 40.9. The molecule has 3 fully saturated rings. The van der Waals surface area contributed by atoms with E-state index in [4.69, 9.17) is 9.47 Å². The predicted molar refractivity (Wildman–Crippen MR) is 214 cm³/mol. The lowest BCUT2D eigenvalue weighted by atomic mass is 9.79. The van der Waals surface area contributed by atoms with Gasteiger partial charge in [-0.2, -0.15) is 0 Å².